The maximum absolute atomic E-state index is 13.5. The summed E-state index contributed by atoms with van der Waals surface area (Å²) in [5.74, 6) is 2.23. The molecule has 1 aliphatic rings. The van der Waals surface area contributed by atoms with E-state index in [1.807, 2.05) is 12.1 Å². The highest BCUT2D eigenvalue weighted by Gasteiger charge is 2.14. The molecule has 1 saturated heterocycles. The fourth-order valence-electron chi connectivity index (χ4n) is 2.63. The van der Waals surface area contributed by atoms with Gasteiger partial charge in [0.1, 0.15) is 5.82 Å². The van der Waals surface area contributed by atoms with Crippen molar-refractivity contribution in [3.8, 4) is 0 Å². The molecule has 26 heavy (non-hydrogen) atoms. The van der Waals surface area contributed by atoms with Crippen LogP contribution >= 0.6 is 11.8 Å². The molecule has 1 atom stereocenters. The van der Waals surface area contributed by atoms with E-state index in [1.165, 1.54) is 6.07 Å². The van der Waals surface area contributed by atoms with Crippen LogP contribution in [0.4, 0.5) is 4.39 Å². The Morgan fingerprint density at radius 3 is 2.96 bits per heavy atom. The molecule has 7 heteroatoms. The van der Waals surface area contributed by atoms with Gasteiger partial charge in [0.2, 0.25) is 0 Å². The van der Waals surface area contributed by atoms with Gasteiger partial charge in [0.05, 0.1) is 12.7 Å². The van der Waals surface area contributed by atoms with E-state index >= 15 is 0 Å². The zero-order valence-electron chi connectivity index (χ0n) is 15.5. The first kappa shape index (κ1) is 21.0. The monoisotopic (exact) mass is 383 g/mol. The summed E-state index contributed by atoms with van der Waals surface area (Å²) in [4.78, 5) is 4.20. The van der Waals surface area contributed by atoms with E-state index in [0.29, 0.717) is 18.5 Å². The number of ether oxygens (including phenoxy) is 2. The maximum Gasteiger partial charge on any atom is 0.191 e. The summed E-state index contributed by atoms with van der Waals surface area (Å²) >= 11 is 1.70. The molecule has 0 radical (unpaired) electrons. The molecule has 5 nitrogen and oxygen atoms in total. The lowest BCUT2D eigenvalue weighted by atomic mass is 10.2. The Hall–Kier alpha value is -1.31. The first-order chi connectivity index (χ1) is 12.8. The molecule has 1 aromatic rings. The van der Waals surface area contributed by atoms with Crippen molar-refractivity contribution in [1.29, 1.82) is 0 Å². The van der Waals surface area contributed by atoms with Crippen molar-refractivity contribution < 1.29 is 13.9 Å². The minimum absolute atomic E-state index is 0.132. The largest absolute Gasteiger partial charge is 0.379 e. The molecule has 2 rings (SSSR count). The number of halogens is 1. The quantitative estimate of drug-likeness (QED) is 0.350. The van der Waals surface area contributed by atoms with E-state index in [-0.39, 0.29) is 5.82 Å². The first-order valence-corrected chi connectivity index (χ1v) is 10.4. The second kappa shape index (κ2) is 12.9. The summed E-state index contributed by atoms with van der Waals surface area (Å²) < 4.78 is 24.7. The molecule has 0 bridgehead atoms. The fraction of sp³-hybridized carbons (Fsp3) is 0.632. The zero-order chi connectivity index (χ0) is 18.5. The van der Waals surface area contributed by atoms with Gasteiger partial charge >= 0.3 is 0 Å². The minimum Gasteiger partial charge on any atom is -0.379 e. The number of benzene rings is 1. The topological polar surface area (TPSA) is 54.9 Å². The van der Waals surface area contributed by atoms with E-state index in [4.69, 9.17) is 9.47 Å². The van der Waals surface area contributed by atoms with Crippen LogP contribution in [0.1, 0.15) is 24.8 Å². The van der Waals surface area contributed by atoms with Crippen molar-refractivity contribution in [3.05, 3.63) is 35.6 Å². The number of guanidine groups is 1. The van der Waals surface area contributed by atoms with Crippen LogP contribution < -0.4 is 10.6 Å². The highest BCUT2D eigenvalue weighted by molar-refractivity contribution is 7.98. The Morgan fingerprint density at radius 2 is 2.19 bits per heavy atom. The molecular formula is C19H30FN3O2S. The van der Waals surface area contributed by atoms with E-state index in [9.17, 15) is 4.39 Å². The van der Waals surface area contributed by atoms with E-state index in [0.717, 1.165) is 62.8 Å². The Balaban J connectivity index is 1.45. The first-order valence-electron chi connectivity index (χ1n) is 9.24. The van der Waals surface area contributed by atoms with E-state index in [2.05, 4.69) is 15.6 Å². The van der Waals surface area contributed by atoms with Gasteiger partial charge in [-0.25, -0.2) is 4.39 Å². The molecule has 1 fully saturated rings. The van der Waals surface area contributed by atoms with Crippen LogP contribution in [-0.2, 0) is 15.2 Å². The standard InChI is InChI=1S/C19H30FN3O2S/c1-21-19(22-9-5-11-24-14-17-7-4-12-25-17)23-10-13-26-15-16-6-2-3-8-18(16)20/h2-3,6,8,17H,4-5,7,9-15H2,1H3,(H2,21,22,23). The summed E-state index contributed by atoms with van der Waals surface area (Å²) in [5, 5.41) is 6.54. The van der Waals surface area contributed by atoms with Gasteiger partial charge in [0.15, 0.2) is 5.96 Å². The lowest BCUT2D eigenvalue weighted by molar-refractivity contribution is 0.0168. The molecule has 0 aromatic heterocycles. The van der Waals surface area contributed by atoms with Crippen LogP contribution in [0.3, 0.4) is 0 Å². The Morgan fingerprint density at radius 1 is 1.35 bits per heavy atom. The molecule has 0 aliphatic carbocycles. The molecular weight excluding hydrogens is 353 g/mol. The van der Waals surface area contributed by atoms with Gasteiger partial charge in [-0.05, 0) is 30.9 Å². The lowest BCUT2D eigenvalue weighted by Gasteiger charge is -2.13. The van der Waals surface area contributed by atoms with Gasteiger partial charge in [-0.3, -0.25) is 4.99 Å². The van der Waals surface area contributed by atoms with Gasteiger partial charge in [-0.15, -0.1) is 0 Å². The Bertz CT molecular complexity index is 539. The van der Waals surface area contributed by atoms with Crippen molar-refractivity contribution in [2.24, 2.45) is 4.99 Å². The SMILES string of the molecule is CN=C(NCCCOCC1CCCO1)NCCSCc1ccccc1F. The molecule has 1 unspecified atom stereocenters. The third kappa shape index (κ3) is 8.38. The van der Waals surface area contributed by atoms with Crippen molar-refractivity contribution in [2.45, 2.75) is 31.1 Å². The van der Waals surface area contributed by atoms with Gasteiger partial charge < -0.3 is 20.1 Å². The van der Waals surface area contributed by atoms with Crippen molar-refractivity contribution in [2.75, 3.05) is 45.7 Å². The van der Waals surface area contributed by atoms with Crippen LogP contribution in [0.2, 0.25) is 0 Å². The van der Waals surface area contributed by atoms with Crippen LogP contribution in [0, 0.1) is 5.82 Å². The van der Waals surface area contributed by atoms with Crippen molar-refractivity contribution >= 4 is 17.7 Å². The zero-order valence-corrected chi connectivity index (χ0v) is 16.3. The number of hydrogen-bond donors (Lipinski definition) is 2. The normalized spacial score (nSPS) is 17.5. The molecule has 146 valence electrons. The smallest absolute Gasteiger partial charge is 0.191 e. The Labute approximate surface area is 160 Å². The maximum atomic E-state index is 13.5. The van der Waals surface area contributed by atoms with Gasteiger partial charge in [-0.1, -0.05) is 18.2 Å². The highest BCUT2D eigenvalue weighted by Crippen LogP contribution is 2.14. The van der Waals surface area contributed by atoms with E-state index < -0.39 is 0 Å². The number of nitrogens with one attached hydrogen (secondary N) is 2. The molecule has 1 heterocycles. The number of nitrogens with zero attached hydrogens (tertiary/aromatic N) is 1. The number of rotatable bonds is 11. The average Bonchev–Trinajstić information content (AvgIpc) is 3.17. The van der Waals surface area contributed by atoms with Crippen LogP contribution in [0.15, 0.2) is 29.3 Å². The van der Waals surface area contributed by atoms with Crippen molar-refractivity contribution in [3.63, 3.8) is 0 Å². The highest BCUT2D eigenvalue weighted by atomic mass is 32.2. The Kier molecular flexibility index (Phi) is 10.5. The lowest BCUT2D eigenvalue weighted by Crippen LogP contribution is -2.39. The van der Waals surface area contributed by atoms with Gasteiger partial charge in [0.25, 0.3) is 0 Å². The average molecular weight is 384 g/mol. The molecule has 2 N–H and O–H groups in total. The van der Waals surface area contributed by atoms with Crippen LogP contribution in [0.25, 0.3) is 0 Å². The minimum atomic E-state index is -0.132. The number of aliphatic imine (C=N–C) groups is 1. The van der Waals surface area contributed by atoms with Crippen LogP contribution in [0.5, 0.6) is 0 Å². The third-order valence-electron chi connectivity index (χ3n) is 4.06. The summed E-state index contributed by atoms with van der Waals surface area (Å²) in [5.41, 5.74) is 0.753. The fourth-order valence-corrected chi connectivity index (χ4v) is 3.48. The van der Waals surface area contributed by atoms with Gasteiger partial charge in [0, 0.05) is 44.9 Å². The molecule has 1 aliphatic heterocycles. The second-order valence-electron chi connectivity index (χ2n) is 6.13. The predicted molar refractivity (Wildman–Crippen MR) is 106 cm³/mol. The van der Waals surface area contributed by atoms with Gasteiger partial charge in [-0.2, -0.15) is 11.8 Å². The summed E-state index contributed by atoms with van der Waals surface area (Å²) in [7, 11) is 1.76. The van der Waals surface area contributed by atoms with E-state index in [1.54, 1.807) is 24.9 Å². The summed E-state index contributed by atoms with van der Waals surface area (Å²) in [6.07, 6.45) is 3.48. The third-order valence-corrected chi connectivity index (χ3v) is 5.07. The molecule has 0 amide bonds. The number of hydrogen-bond acceptors (Lipinski definition) is 4. The van der Waals surface area contributed by atoms with Crippen molar-refractivity contribution in [1.82, 2.24) is 10.6 Å². The van der Waals surface area contributed by atoms with Crippen LogP contribution in [-0.4, -0.2) is 57.8 Å². The summed E-state index contributed by atoms with van der Waals surface area (Å²) in [6, 6.07) is 6.92. The molecule has 0 spiro atoms. The second-order valence-corrected chi connectivity index (χ2v) is 7.24. The predicted octanol–water partition coefficient (Wildman–Crippen LogP) is 2.81. The molecule has 1 aromatic carbocycles. The summed E-state index contributed by atoms with van der Waals surface area (Å²) in [6.45, 7) is 3.90. The number of thioether (sulfide) groups is 1. The molecule has 0 saturated carbocycles.